The third kappa shape index (κ3) is 1.72. The molecule has 1 aromatic heterocycles. The predicted octanol–water partition coefficient (Wildman–Crippen LogP) is 2.54. The Morgan fingerprint density at radius 1 is 1.23 bits per heavy atom. The number of hydrogen-bond donors (Lipinski definition) is 2. The summed E-state index contributed by atoms with van der Waals surface area (Å²) in [6.07, 6.45) is 1.39. The summed E-state index contributed by atoms with van der Waals surface area (Å²) in [7, 11) is 0. The van der Waals surface area contributed by atoms with Crippen molar-refractivity contribution in [1.29, 1.82) is 0 Å². The number of imidazole rings is 1. The van der Waals surface area contributed by atoms with E-state index in [0.29, 0.717) is 5.82 Å². The molecular weight excluding hydrogens is 232 g/mol. The van der Waals surface area contributed by atoms with Gasteiger partial charge in [0.15, 0.2) is 0 Å². The fourth-order valence-corrected chi connectivity index (χ4v) is 1.33. The number of hydrogen-bond acceptors (Lipinski definition) is 2. The highest BCUT2D eigenvalue weighted by atomic mass is 79.9. The van der Waals surface area contributed by atoms with Crippen LogP contribution in [0.5, 0.6) is 5.88 Å². The van der Waals surface area contributed by atoms with Gasteiger partial charge in [0.25, 0.3) is 0 Å². The molecule has 1 heterocycles. The van der Waals surface area contributed by atoms with Crippen LogP contribution in [0.2, 0.25) is 0 Å². The van der Waals surface area contributed by atoms with Gasteiger partial charge in [-0.3, -0.25) is 0 Å². The number of aromatic hydroxyl groups is 1. The van der Waals surface area contributed by atoms with Crippen LogP contribution in [-0.4, -0.2) is 15.1 Å². The predicted molar refractivity (Wildman–Crippen MR) is 53.4 cm³/mol. The van der Waals surface area contributed by atoms with Gasteiger partial charge in [0.1, 0.15) is 5.82 Å². The minimum Gasteiger partial charge on any atom is -0.493 e. The van der Waals surface area contributed by atoms with E-state index in [9.17, 15) is 0 Å². The maximum Gasteiger partial charge on any atom is 0.208 e. The molecule has 0 fully saturated rings. The van der Waals surface area contributed by atoms with E-state index < -0.39 is 0 Å². The molecule has 13 heavy (non-hydrogen) atoms. The molecule has 0 spiro atoms. The molecule has 1 aromatic carbocycles. The highest BCUT2D eigenvalue weighted by Crippen LogP contribution is 2.20. The number of benzene rings is 1. The van der Waals surface area contributed by atoms with E-state index in [-0.39, 0.29) is 5.88 Å². The van der Waals surface area contributed by atoms with E-state index >= 15 is 0 Å². The SMILES string of the molecule is Oc1cnc(-c2ccc(Br)cc2)[nH]1. The molecule has 0 aliphatic carbocycles. The number of H-pyrrole nitrogens is 1. The van der Waals surface area contributed by atoms with Crippen molar-refractivity contribution in [2.75, 3.05) is 0 Å². The summed E-state index contributed by atoms with van der Waals surface area (Å²) < 4.78 is 1.02. The van der Waals surface area contributed by atoms with Gasteiger partial charge in [-0.1, -0.05) is 28.1 Å². The first-order valence-electron chi connectivity index (χ1n) is 3.75. The molecule has 0 atom stereocenters. The molecule has 0 aliphatic rings. The van der Waals surface area contributed by atoms with Gasteiger partial charge in [0, 0.05) is 10.0 Å². The summed E-state index contributed by atoms with van der Waals surface area (Å²) in [5.41, 5.74) is 0.948. The molecule has 0 bridgehead atoms. The van der Waals surface area contributed by atoms with Gasteiger partial charge < -0.3 is 10.1 Å². The Labute approximate surface area is 83.6 Å². The monoisotopic (exact) mass is 238 g/mol. The van der Waals surface area contributed by atoms with Gasteiger partial charge in [-0.15, -0.1) is 0 Å². The Balaban J connectivity index is 2.41. The third-order valence-corrected chi connectivity index (χ3v) is 2.21. The van der Waals surface area contributed by atoms with Gasteiger partial charge in [-0.2, -0.15) is 0 Å². The fourth-order valence-electron chi connectivity index (χ4n) is 1.07. The molecule has 0 saturated carbocycles. The van der Waals surface area contributed by atoms with Crippen molar-refractivity contribution < 1.29 is 5.11 Å². The van der Waals surface area contributed by atoms with E-state index in [0.717, 1.165) is 10.0 Å². The molecule has 3 nitrogen and oxygen atoms in total. The largest absolute Gasteiger partial charge is 0.493 e. The lowest BCUT2D eigenvalue weighted by atomic mass is 10.2. The lowest BCUT2D eigenvalue weighted by molar-refractivity contribution is 0.457. The highest BCUT2D eigenvalue weighted by Gasteiger charge is 2.01. The minimum absolute atomic E-state index is 0.0814. The van der Waals surface area contributed by atoms with Crippen LogP contribution < -0.4 is 0 Å². The van der Waals surface area contributed by atoms with Crippen molar-refractivity contribution in [1.82, 2.24) is 9.97 Å². The number of nitrogens with zero attached hydrogens (tertiary/aromatic N) is 1. The minimum atomic E-state index is 0.0814. The molecule has 2 rings (SSSR count). The normalized spacial score (nSPS) is 10.2. The van der Waals surface area contributed by atoms with Crippen molar-refractivity contribution in [3.05, 3.63) is 34.9 Å². The summed E-state index contributed by atoms with van der Waals surface area (Å²) in [4.78, 5) is 6.74. The van der Waals surface area contributed by atoms with E-state index in [1.165, 1.54) is 6.20 Å². The Hall–Kier alpha value is -1.29. The maximum atomic E-state index is 9.04. The van der Waals surface area contributed by atoms with E-state index in [2.05, 4.69) is 25.9 Å². The Morgan fingerprint density at radius 3 is 2.46 bits per heavy atom. The first kappa shape index (κ1) is 8.31. The average Bonchev–Trinajstić information content (AvgIpc) is 2.53. The lowest BCUT2D eigenvalue weighted by Crippen LogP contribution is -1.78. The van der Waals surface area contributed by atoms with E-state index in [1.54, 1.807) is 0 Å². The molecule has 2 aromatic rings. The van der Waals surface area contributed by atoms with Crippen LogP contribution in [0.25, 0.3) is 11.4 Å². The van der Waals surface area contributed by atoms with Crippen LogP contribution in [0.4, 0.5) is 0 Å². The van der Waals surface area contributed by atoms with Gasteiger partial charge in [0.05, 0.1) is 6.20 Å². The second-order valence-corrected chi connectivity index (χ2v) is 3.54. The van der Waals surface area contributed by atoms with Crippen LogP contribution >= 0.6 is 15.9 Å². The number of aromatic amines is 1. The Kier molecular flexibility index (Phi) is 2.06. The number of aromatic nitrogens is 2. The molecule has 0 saturated heterocycles. The third-order valence-electron chi connectivity index (χ3n) is 1.68. The molecule has 0 amide bonds. The van der Waals surface area contributed by atoms with E-state index in [4.69, 9.17) is 5.11 Å². The quantitative estimate of drug-likeness (QED) is 0.803. The smallest absolute Gasteiger partial charge is 0.208 e. The van der Waals surface area contributed by atoms with Gasteiger partial charge >= 0.3 is 0 Å². The average molecular weight is 239 g/mol. The van der Waals surface area contributed by atoms with Crippen LogP contribution in [0.15, 0.2) is 34.9 Å². The van der Waals surface area contributed by atoms with Crippen LogP contribution in [0.3, 0.4) is 0 Å². The Bertz CT molecular complexity index is 408. The molecule has 2 N–H and O–H groups in total. The van der Waals surface area contributed by atoms with Gasteiger partial charge in [0.2, 0.25) is 5.88 Å². The molecule has 0 radical (unpaired) electrons. The number of rotatable bonds is 1. The highest BCUT2D eigenvalue weighted by molar-refractivity contribution is 9.10. The van der Waals surface area contributed by atoms with Crippen molar-refractivity contribution in [3.8, 4) is 17.3 Å². The summed E-state index contributed by atoms with van der Waals surface area (Å²) in [6.45, 7) is 0. The van der Waals surface area contributed by atoms with Crippen molar-refractivity contribution in [3.63, 3.8) is 0 Å². The molecular formula is C9H7BrN2O. The van der Waals surface area contributed by atoms with Gasteiger partial charge in [-0.25, -0.2) is 4.98 Å². The van der Waals surface area contributed by atoms with E-state index in [1.807, 2.05) is 24.3 Å². The van der Waals surface area contributed by atoms with Crippen LogP contribution in [-0.2, 0) is 0 Å². The summed E-state index contributed by atoms with van der Waals surface area (Å²) >= 11 is 3.34. The first-order chi connectivity index (χ1) is 6.25. The molecule has 4 heteroatoms. The van der Waals surface area contributed by atoms with Crippen molar-refractivity contribution in [2.24, 2.45) is 0 Å². The molecule has 0 aliphatic heterocycles. The molecule has 0 unspecified atom stereocenters. The molecule has 66 valence electrons. The summed E-state index contributed by atoms with van der Waals surface area (Å²) in [5, 5.41) is 9.04. The number of halogens is 1. The second-order valence-electron chi connectivity index (χ2n) is 2.62. The number of nitrogens with one attached hydrogen (secondary N) is 1. The maximum absolute atomic E-state index is 9.04. The van der Waals surface area contributed by atoms with Gasteiger partial charge in [-0.05, 0) is 12.1 Å². The zero-order valence-electron chi connectivity index (χ0n) is 6.66. The second kappa shape index (κ2) is 3.22. The standard InChI is InChI=1S/C9H7BrN2O/c10-7-3-1-6(2-4-7)9-11-5-8(13)12-9/h1-5,13H,(H,11,12). The lowest BCUT2D eigenvalue weighted by Gasteiger charge is -1.95. The van der Waals surface area contributed by atoms with Crippen LogP contribution in [0, 0.1) is 0 Å². The summed E-state index contributed by atoms with van der Waals surface area (Å²) in [5.74, 6) is 0.753. The Morgan fingerprint density at radius 2 is 1.92 bits per heavy atom. The zero-order valence-corrected chi connectivity index (χ0v) is 8.25. The van der Waals surface area contributed by atoms with Crippen molar-refractivity contribution in [2.45, 2.75) is 0 Å². The topological polar surface area (TPSA) is 48.9 Å². The summed E-state index contributed by atoms with van der Waals surface area (Å²) in [6, 6.07) is 7.69. The van der Waals surface area contributed by atoms with Crippen LogP contribution in [0.1, 0.15) is 0 Å². The van der Waals surface area contributed by atoms with Crippen molar-refractivity contribution >= 4 is 15.9 Å². The zero-order chi connectivity index (χ0) is 9.26. The fraction of sp³-hybridized carbons (Fsp3) is 0. The first-order valence-corrected chi connectivity index (χ1v) is 4.55.